The van der Waals surface area contributed by atoms with Gasteiger partial charge in [0.05, 0.1) is 64.9 Å². The summed E-state index contributed by atoms with van der Waals surface area (Å²) in [7, 11) is 3.93. The van der Waals surface area contributed by atoms with Gasteiger partial charge in [0, 0.05) is 25.5 Å². The third-order valence-corrected chi connectivity index (χ3v) is 6.59. The number of nitrogens with one attached hydrogen (secondary N) is 1. The van der Waals surface area contributed by atoms with E-state index in [0.717, 1.165) is 44.8 Å². The first-order valence-corrected chi connectivity index (χ1v) is 12.6. The van der Waals surface area contributed by atoms with Gasteiger partial charge in [0.2, 0.25) is 11.8 Å². The topological polar surface area (TPSA) is 119 Å². The lowest BCUT2D eigenvalue weighted by Crippen LogP contribution is -2.32. The van der Waals surface area contributed by atoms with Crippen LogP contribution in [0, 0.1) is 6.92 Å². The van der Waals surface area contributed by atoms with Crippen molar-refractivity contribution in [2.75, 3.05) is 26.8 Å². The van der Waals surface area contributed by atoms with Crippen molar-refractivity contribution in [2.45, 2.75) is 46.4 Å². The summed E-state index contributed by atoms with van der Waals surface area (Å²) in [5, 5.41) is 27.8. The van der Waals surface area contributed by atoms with Crippen LogP contribution in [0.2, 0.25) is 0 Å². The molecular weight excluding hydrogens is 472 g/mol. The first kappa shape index (κ1) is 25.0. The largest absolute Gasteiger partial charge is 0.476 e. The SMILES string of the molecule is CCOc1nn([C@@H](C)CO)c2c1/C=C/c1n[nH]c3cnc(cc13)-c1c(C)nn(C)c1O[C@@H](C)CN(C)C2. The molecule has 5 rings (SSSR count). The van der Waals surface area contributed by atoms with E-state index in [1.54, 1.807) is 10.9 Å². The summed E-state index contributed by atoms with van der Waals surface area (Å²) >= 11 is 0. The Labute approximate surface area is 215 Å². The molecule has 4 aromatic heterocycles. The van der Waals surface area contributed by atoms with Crippen LogP contribution in [0.3, 0.4) is 0 Å². The summed E-state index contributed by atoms with van der Waals surface area (Å²) in [5.41, 5.74) is 5.92. The Morgan fingerprint density at radius 1 is 1.27 bits per heavy atom. The Balaban J connectivity index is 1.72. The van der Waals surface area contributed by atoms with Gasteiger partial charge in [-0.3, -0.25) is 19.7 Å². The van der Waals surface area contributed by atoms with Gasteiger partial charge in [-0.1, -0.05) is 0 Å². The highest BCUT2D eigenvalue weighted by Crippen LogP contribution is 2.35. The Kier molecular flexibility index (Phi) is 6.74. The second-order valence-electron chi connectivity index (χ2n) is 9.65. The highest BCUT2D eigenvalue weighted by atomic mass is 16.5. The molecule has 0 aromatic carbocycles. The molecular formula is C26H34N8O3. The number of pyridine rings is 1. The van der Waals surface area contributed by atoms with E-state index >= 15 is 0 Å². The van der Waals surface area contributed by atoms with Gasteiger partial charge in [0.15, 0.2) is 0 Å². The van der Waals surface area contributed by atoms with E-state index in [4.69, 9.17) is 19.6 Å². The molecule has 0 unspecified atom stereocenters. The number of hydrogen-bond acceptors (Lipinski definition) is 8. The summed E-state index contributed by atoms with van der Waals surface area (Å²) in [6, 6.07) is 1.81. The van der Waals surface area contributed by atoms with Crippen LogP contribution in [0.25, 0.3) is 34.3 Å². The number of aliphatic hydroxyl groups is 1. The van der Waals surface area contributed by atoms with Gasteiger partial charge in [-0.05, 0) is 53.0 Å². The highest BCUT2D eigenvalue weighted by molar-refractivity contribution is 5.92. The van der Waals surface area contributed by atoms with Crippen molar-refractivity contribution >= 4 is 23.1 Å². The van der Waals surface area contributed by atoms with Crippen LogP contribution in [0.1, 0.15) is 49.5 Å². The average molecular weight is 507 g/mol. The number of ether oxygens (including phenoxy) is 2. The molecule has 11 nitrogen and oxygen atoms in total. The van der Waals surface area contributed by atoms with Crippen LogP contribution in [0.5, 0.6) is 11.8 Å². The lowest BCUT2D eigenvalue weighted by Gasteiger charge is -2.24. The second kappa shape index (κ2) is 9.98. The van der Waals surface area contributed by atoms with Crippen LogP contribution in [-0.4, -0.2) is 77.7 Å². The molecule has 1 aliphatic rings. The van der Waals surface area contributed by atoms with Gasteiger partial charge in [0.25, 0.3) is 0 Å². The van der Waals surface area contributed by atoms with Crippen molar-refractivity contribution in [3.63, 3.8) is 0 Å². The van der Waals surface area contributed by atoms with E-state index in [2.05, 4.69) is 20.2 Å². The molecule has 37 heavy (non-hydrogen) atoms. The molecule has 0 saturated carbocycles. The predicted octanol–water partition coefficient (Wildman–Crippen LogP) is 3.20. The zero-order chi connectivity index (χ0) is 26.3. The Bertz CT molecular complexity index is 1450. The van der Waals surface area contributed by atoms with E-state index in [-0.39, 0.29) is 18.8 Å². The molecule has 0 fully saturated rings. The number of rotatable bonds is 4. The minimum atomic E-state index is -0.208. The number of aliphatic hydroxyl groups excluding tert-OH is 1. The number of fused-ring (bicyclic) bond motifs is 4. The summed E-state index contributed by atoms with van der Waals surface area (Å²) in [6.07, 6.45) is 5.62. The van der Waals surface area contributed by atoms with Crippen molar-refractivity contribution in [1.29, 1.82) is 0 Å². The molecule has 1 aliphatic heterocycles. The van der Waals surface area contributed by atoms with E-state index in [0.29, 0.717) is 31.5 Å². The number of aromatic amines is 1. The standard InChI is InChI=1S/C26H34N8O3/c1-7-36-25-18-8-9-20-19-10-21(27-11-22(19)29-28-20)24-17(4)30-33(6)26(24)37-16(3)12-32(5)13-23(18)34(31-25)15(2)14-35/h8-11,15-16,35H,7,12-14H2,1-6H3,(H,28,29)/b9-8+/t15-,16-/m0/s1. The fraction of sp³-hybridized carbons (Fsp3) is 0.462. The van der Waals surface area contributed by atoms with E-state index in [1.807, 2.05) is 64.7 Å². The third kappa shape index (κ3) is 4.60. The highest BCUT2D eigenvalue weighted by Gasteiger charge is 2.25. The molecule has 0 saturated heterocycles. The van der Waals surface area contributed by atoms with Crippen LogP contribution >= 0.6 is 0 Å². The zero-order valence-corrected chi connectivity index (χ0v) is 22.2. The molecule has 2 bridgehead atoms. The van der Waals surface area contributed by atoms with Gasteiger partial charge >= 0.3 is 0 Å². The van der Waals surface area contributed by atoms with Crippen LogP contribution in [0.15, 0.2) is 12.3 Å². The van der Waals surface area contributed by atoms with Crippen molar-refractivity contribution in [3.8, 4) is 23.0 Å². The molecule has 0 spiro atoms. The van der Waals surface area contributed by atoms with Crippen LogP contribution < -0.4 is 9.47 Å². The molecule has 196 valence electrons. The first-order valence-electron chi connectivity index (χ1n) is 12.6. The number of aromatic nitrogens is 7. The third-order valence-electron chi connectivity index (χ3n) is 6.59. The number of hydrogen-bond donors (Lipinski definition) is 2. The molecule has 4 aromatic rings. The van der Waals surface area contributed by atoms with Gasteiger partial charge < -0.3 is 14.6 Å². The fourth-order valence-corrected chi connectivity index (χ4v) is 4.89. The Morgan fingerprint density at radius 2 is 2.08 bits per heavy atom. The zero-order valence-electron chi connectivity index (χ0n) is 22.2. The lowest BCUT2D eigenvalue weighted by atomic mass is 10.1. The normalized spacial score (nSPS) is 18.1. The predicted molar refractivity (Wildman–Crippen MR) is 141 cm³/mol. The van der Waals surface area contributed by atoms with Gasteiger partial charge in [-0.2, -0.15) is 10.2 Å². The summed E-state index contributed by atoms with van der Waals surface area (Å²) < 4.78 is 16.0. The monoisotopic (exact) mass is 506 g/mol. The fourth-order valence-electron chi connectivity index (χ4n) is 4.89. The molecule has 5 heterocycles. The number of nitrogens with zero attached hydrogens (tertiary/aromatic N) is 7. The maximum atomic E-state index is 9.94. The molecule has 0 aliphatic carbocycles. The smallest absolute Gasteiger partial charge is 0.240 e. The minimum Gasteiger partial charge on any atom is -0.476 e. The maximum absolute atomic E-state index is 9.94. The molecule has 11 heteroatoms. The van der Waals surface area contributed by atoms with E-state index in [1.165, 1.54) is 0 Å². The summed E-state index contributed by atoms with van der Waals surface area (Å²) in [6.45, 7) is 9.58. The number of likely N-dealkylation sites (N-methyl/N-ethyl adjacent to an activating group) is 1. The average Bonchev–Trinajstić information content (AvgIpc) is 3.50. The van der Waals surface area contributed by atoms with Crippen molar-refractivity contribution in [3.05, 3.63) is 34.9 Å². The quantitative estimate of drug-likeness (QED) is 0.433. The molecule has 2 atom stereocenters. The Hall–Kier alpha value is -3.70. The van der Waals surface area contributed by atoms with Gasteiger partial charge in [0.1, 0.15) is 6.10 Å². The molecule has 0 amide bonds. The van der Waals surface area contributed by atoms with Crippen LogP contribution in [-0.2, 0) is 13.6 Å². The summed E-state index contributed by atoms with van der Waals surface area (Å²) in [5.74, 6) is 1.21. The number of aryl methyl sites for hydroxylation is 2. The molecule has 0 radical (unpaired) electrons. The number of H-pyrrole nitrogens is 1. The first-order chi connectivity index (χ1) is 17.8. The van der Waals surface area contributed by atoms with Crippen molar-refractivity contribution in [1.82, 2.24) is 39.6 Å². The second-order valence-corrected chi connectivity index (χ2v) is 9.65. The van der Waals surface area contributed by atoms with E-state index < -0.39 is 0 Å². The van der Waals surface area contributed by atoms with Gasteiger partial charge in [-0.25, -0.2) is 4.68 Å². The van der Waals surface area contributed by atoms with Gasteiger partial charge in [-0.15, -0.1) is 5.10 Å². The lowest BCUT2D eigenvalue weighted by molar-refractivity contribution is 0.145. The van der Waals surface area contributed by atoms with Crippen molar-refractivity contribution in [2.24, 2.45) is 7.05 Å². The van der Waals surface area contributed by atoms with E-state index in [9.17, 15) is 5.11 Å². The van der Waals surface area contributed by atoms with Crippen LogP contribution in [0.4, 0.5) is 0 Å². The molecule has 2 N–H and O–H groups in total. The summed E-state index contributed by atoms with van der Waals surface area (Å²) in [4.78, 5) is 6.88. The minimum absolute atomic E-state index is 0.0327. The Morgan fingerprint density at radius 3 is 2.84 bits per heavy atom. The maximum Gasteiger partial charge on any atom is 0.240 e. The van der Waals surface area contributed by atoms with Crippen molar-refractivity contribution < 1.29 is 14.6 Å².